The number of H-pyrrole nitrogens is 2. The summed E-state index contributed by atoms with van der Waals surface area (Å²) >= 11 is 0. The number of hydrogen-bond donors (Lipinski definition) is 13. The number of primary amides is 1. The molecule has 75 heavy (non-hydrogen) atoms. The molecule has 2 aromatic heterocycles. The van der Waals surface area contributed by atoms with Crippen LogP contribution in [0.1, 0.15) is 94.9 Å². The molecule has 16 N–H and O–H groups in total. The lowest BCUT2D eigenvalue weighted by Gasteiger charge is -2.28. The molecule has 4 aromatic rings. The minimum atomic E-state index is -1.42. The first-order valence-electron chi connectivity index (χ1n) is 25.3. The van der Waals surface area contributed by atoms with Crippen molar-refractivity contribution in [2.45, 2.75) is 140 Å². The van der Waals surface area contributed by atoms with Crippen molar-refractivity contribution in [1.82, 2.24) is 57.5 Å². The number of para-hydroxylation sites is 1. The summed E-state index contributed by atoms with van der Waals surface area (Å²) in [6, 6.07) is 7.02. The lowest BCUT2D eigenvalue weighted by molar-refractivity contribution is -0.136. The van der Waals surface area contributed by atoms with E-state index >= 15 is 0 Å². The van der Waals surface area contributed by atoms with Gasteiger partial charge >= 0.3 is 0 Å². The van der Waals surface area contributed by atoms with Crippen LogP contribution in [-0.4, -0.2) is 129 Å². The van der Waals surface area contributed by atoms with Crippen LogP contribution >= 0.6 is 0 Å². The Morgan fingerprint density at radius 3 is 2.08 bits per heavy atom. The molecule has 0 bridgehead atoms. The number of guanidine groups is 1. The summed E-state index contributed by atoms with van der Waals surface area (Å²) in [4.78, 5) is 139. The van der Waals surface area contributed by atoms with Crippen molar-refractivity contribution >= 4 is 70.0 Å². The molecule has 9 amide bonds. The third-order valence-electron chi connectivity index (χ3n) is 12.6. The van der Waals surface area contributed by atoms with Crippen molar-refractivity contribution in [2.75, 3.05) is 13.1 Å². The van der Waals surface area contributed by atoms with Crippen molar-refractivity contribution in [3.05, 3.63) is 90.1 Å². The molecule has 1 fully saturated rings. The second kappa shape index (κ2) is 29.4. The zero-order valence-electron chi connectivity index (χ0n) is 42.4. The second-order valence-electron chi connectivity index (χ2n) is 18.5. The molecule has 0 unspecified atom stereocenters. The van der Waals surface area contributed by atoms with Gasteiger partial charge in [-0.3, -0.25) is 48.1 Å². The van der Waals surface area contributed by atoms with E-state index < -0.39 is 95.5 Å². The molecule has 1 saturated heterocycles. The first kappa shape index (κ1) is 57.6. The zero-order valence-corrected chi connectivity index (χ0v) is 42.4. The highest BCUT2D eigenvalue weighted by Gasteiger charge is 2.35. The topological polar surface area (TPSA) is 385 Å². The van der Waals surface area contributed by atoms with E-state index in [1.54, 1.807) is 36.5 Å². The average Bonchev–Trinajstić information content (AvgIpc) is 4.05. The Hall–Kier alpha value is -8.31. The van der Waals surface area contributed by atoms with Gasteiger partial charge in [0.05, 0.1) is 6.33 Å². The first-order valence-corrected chi connectivity index (χ1v) is 25.3. The summed E-state index contributed by atoms with van der Waals surface area (Å²) in [7, 11) is 0. The van der Waals surface area contributed by atoms with Gasteiger partial charge in [0.2, 0.25) is 53.2 Å². The fourth-order valence-corrected chi connectivity index (χ4v) is 8.56. The number of hydrogen-bond acceptors (Lipinski definition) is 11. The van der Waals surface area contributed by atoms with Crippen LogP contribution in [0.15, 0.2) is 78.3 Å². The Kier molecular flexibility index (Phi) is 22.6. The number of imidazole rings is 1. The molecule has 1 aliphatic rings. The van der Waals surface area contributed by atoms with Crippen LogP contribution in [-0.2, 0) is 62.4 Å². The smallest absolute Gasteiger partial charge is 0.243 e. The fraction of sp³-hybridized carbons (Fsp3) is 0.471. The van der Waals surface area contributed by atoms with E-state index in [0.29, 0.717) is 42.5 Å². The third-order valence-corrected chi connectivity index (χ3v) is 12.6. The van der Waals surface area contributed by atoms with Crippen molar-refractivity contribution in [3.63, 3.8) is 0 Å². The summed E-state index contributed by atoms with van der Waals surface area (Å²) in [6.07, 6.45) is 6.12. The van der Waals surface area contributed by atoms with E-state index in [0.717, 1.165) is 10.9 Å². The van der Waals surface area contributed by atoms with Gasteiger partial charge in [0.25, 0.3) is 0 Å². The van der Waals surface area contributed by atoms with Crippen LogP contribution in [0.2, 0.25) is 0 Å². The van der Waals surface area contributed by atoms with Crippen LogP contribution < -0.4 is 59.7 Å². The van der Waals surface area contributed by atoms with Gasteiger partial charge in [-0.15, -0.1) is 0 Å². The Morgan fingerprint density at radius 2 is 1.40 bits per heavy atom. The number of aromatic nitrogens is 3. The predicted octanol–water partition coefficient (Wildman–Crippen LogP) is -0.858. The molecule has 3 heterocycles. The number of carbonyl (C=O) groups excluding carboxylic acids is 9. The number of nitrogens with one attached hydrogen (secondary N) is 10. The van der Waals surface area contributed by atoms with Crippen molar-refractivity contribution in [1.29, 1.82) is 0 Å². The minimum absolute atomic E-state index is 0.0465. The lowest BCUT2D eigenvalue weighted by atomic mass is 10.0. The number of amides is 9. The van der Waals surface area contributed by atoms with Gasteiger partial charge in [-0.2, -0.15) is 0 Å². The maximum Gasteiger partial charge on any atom is 0.243 e. The number of unbranched alkanes of at least 4 members (excludes halogenated alkanes) is 1. The Labute approximate surface area is 434 Å². The molecule has 7 atom stereocenters. The summed E-state index contributed by atoms with van der Waals surface area (Å²) in [6.45, 7) is 3.38. The standard InChI is InChI=1S/C51H71N15O9/c1-3-4-16-37(60-30(2)67)45(70)63-39-20-21-43(68)56-22-11-10-18-36(44(52)69)61-49(74)41(25-32-27-58-35-17-9-8-15-34(32)35)65-46(71)38(19-12-23-57-51(53)54)62-48(73)40(24-31-13-6-5-7-14-31)64-50(75)42(66-47(39)72)26-33-28-55-29-59-33/h5-9,13-15,17,27-29,36-42,58H,3-4,10-12,16,18-26H2,1-2H3,(H2,52,69)(H,55,59)(H,56,68)(H,60,67)(H,61,74)(H,62,73)(H,63,70)(H,64,75)(H,65,71)(H,66,72)(H4,53,54,57)/t36-,37-,38-,39-,40+,41-,42-/m0/s1. The molecule has 0 spiro atoms. The summed E-state index contributed by atoms with van der Waals surface area (Å²) in [5, 5.41) is 22.6. The highest BCUT2D eigenvalue weighted by atomic mass is 16.2. The predicted molar refractivity (Wildman–Crippen MR) is 278 cm³/mol. The number of benzene rings is 2. The van der Waals surface area contributed by atoms with Gasteiger partial charge in [0.15, 0.2) is 5.96 Å². The van der Waals surface area contributed by atoms with Crippen LogP contribution in [0.5, 0.6) is 0 Å². The number of nitrogens with two attached hydrogens (primary N) is 3. The number of carbonyl (C=O) groups is 9. The minimum Gasteiger partial charge on any atom is -0.370 e. The van der Waals surface area contributed by atoms with Gasteiger partial charge < -0.3 is 69.7 Å². The van der Waals surface area contributed by atoms with Gasteiger partial charge in [0, 0.05) is 74.7 Å². The molecule has 0 aliphatic carbocycles. The van der Waals surface area contributed by atoms with Crippen LogP contribution in [0.4, 0.5) is 0 Å². The van der Waals surface area contributed by atoms with Crippen molar-refractivity contribution in [3.8, 4) is 0 Å². The Bertz CT molecular complexity index is 2600. The number of fused-ring (bicyclic) bond motifs is 1. The maximum atomic E-state index is 14.7. The zero-order chi connectivity index (χ0) is 54.3. The highest BCUT2D eigenvalue weighted by Crippen LogP contribution is 2.20. The molecule has 0 radical (unpaired) electrons. The van der Waals surface area contributed by atoms with E-state index in [2.05, 4.69) is 62.5 Å². The quantitative estimate of drug-likeness (QED) is 0.0349. The number of aliphatic imine (C=N–C) groups is 1. The third kappa shape index (κ3) is 18.9. The second-order valence-corrected chi connectivity index (χ2v) is 18.5. The molecule has 2 aromatic carbocycles. The van der Waals surface area contributed by atoms with Gasteiger partial charge in [0.1, 0.15) is 42.3 Å². The first-order chi connectivity index (χ1) is 36.0. The molecule has 404 valence electrons. The fourth-order valence-electron chi connectivity index (χ4n) is 8.56. The summed E-state index contributed by atoms with van der Waals surface area (Å²) in [5.74, 6) is -6.67. The van der Waals surface area contributed by atoms with Crippen molar-refractivity contribution < 1.29 is 43.2 Å². The van der Waals surface area contributed by atoms with Crippen molar-refractivity contribution in [2.24, 2.45) is 22.2 Å². The molecule has 24 heteroatoms. The number of rotatable bonds is 17. The molecular weight excluding hydrogens is 967 g/mol. The Morgan fingerprint density at radius 1 is 0.747 bits per heavy atom. The van der Waals surface area contributed by atoms with Crippen LogP contribution in [0.3, 0.4) is 0 Å². The average molecular weight is 1040 g/mol. The molecular formula is C51H71N15O9. The Balaban J connectivity index is 1.54. The molecule has 0 saturated carbocycles. The van der Waals surface area contributed by atoms with Gasteiger partial charge in [-0.25, -0.2) is 4.98 Å². The number of nitrogens with zero attached hydrogens (tertiary/aromatic N) is 2. The van der Waals surface area contributed by atoms with Gasteiger partial charge in [-0.05, 0) is 62.1 Å². The van der Waals surface area contributed by atoms with Gasteiger partial charge in [-0.1, -0.05) is 68.3 Å². The van der Waals surface area contributed by atoms with Crippen LogP contribution in [0, 0.1) is 0 Å². The normalized spacial score (nSPS) is 21.4. The summed E-state index contributed by atoms with van der Waals surface area (Å²) in [5.41, 5.74) is 19.5. The molecule has 1 aliphatic heterocycles. The largest absolute Gasteiger partial charge is 0.370 e. The molecule has 24 nitrogen and oxygen atoms in total. The monoisotopic (exact) mass is 1040 g/mol. The van der Waals surface area contributed by atoms with E-state index in [9.17, 15) is 43.2 Å². The lowest BCUT2D eigenvalue weighted by Crippen LogP contribution is -2.61. The van der Waals surface area contributed by atoms with E-state index in [1.165, 1.54) is 19.4 Å². The SMILES string of the molecule is CCCC[C@H](NC(C)=O)C(=O)N[C@H]1CCC(=O)NCCCC[C@@H](C(N)=O)NC(=O)[C@H](Cc2c[nH]c3ccccc23)NC(=O)[C@H](CCCN=C(N)N)NC(=O)[C@@H](Cc2ccccc2)NC(=O)[C@H](Cc2cnc[nH]2)NC1=O. The van der Waals surface area contributed by atoms with E-state index in [-0.39, 0.29) is 76.8 Å². The van der Waals surface area contributed by atoms with Crippen LogP contribution in [0.25, 0.3) is 10.9 Å². The van der Waals surface area contributed by atoms with E-state index in [1.807, 2.05) is 31.2 Å². The number of aromatic amines is 2. The maximum absolute atomic E-state index is 14.7. The van der Waals surface area contributed by atoms with E-state index in [4.69, 9.17) is 17.2 Å². The summed E-state index contributed by atoms with van der Waals surface area (Å²) < 4.78 is 0. The highest BCUT2D eigenvalue weighted by molar-refractivity contribution is 5.98. The molecule has 5 rings (SSSR count).